The Morgan fingerprint density at radius 1 is 1.16 bits per heavy atom. The fourth-order valence-corrected chi connectivity index (χ4v) is 4.74. The minimum atomic E-state index is -0.218. The number of hydrogen-bond donors (Lipinski definition) is 1. The molecule has 162 valence electrons. The van der Waals surface area contributed by atoms with Gasteiger partial charge in [0.1, 0.15) is 18.5 Å². The van der Waals surface area contributed by atoms with E-state index in [9.17, 15) is 4.39 Å². The maximum absolute atomic E-state index is 13.5. The van der Waals surface area contributed by atoms with Gasteiger partial charge < -0.3 is 14.5 Å². The molecule has 0 saturated heterocycles. The van der Waals surface area contributed by atoms with Crippen LogP contribution in [0.5, 0.6) is 11.5 Å². The zero-order valence-corrected chi connectivity index (χ0v) is 17.9. The monoisotopic (exact) mass is 429 g/mol. The first-order valence-corrected chi connectivity index (χ1v) is 11.0. The smallest absolute Gasteiger partial charge is 0.171 e. The van der Waals surface area contributed by atoms with Crippen LogP contribution in [0.15, 0.2) is 54.7 Å². The SMILES string of the molecule is Cc1ccc2c3c(ccc2n1)OCC(CN1CC=C(c2c[nH]c4cc(F)ccc24)CC1)O3. The fraction of sp³-hybridized carbons (Fsp3) is 0.269. The molecule has 2 aromatic heterocycles. The summed E-state index contributed by atoms with van der Waals surface area (Å²) in [5.74, 6) is 1.37. The molecule has 0 spiro atoms. The van der Waals surface area contributed by atoms with E-state index in [4.69, 9.17) is 9.47 Å². The van der Waals surface area contributed by atoms with Gasteiger partial charge in [-0.1, -0.05) is 6.08 Å². The highest BCUT2D eigenvalue weighted by atomic mass is 19.1. The Bertz CT molecular complexity index is 1360. The summed E-state index contributed by atoms with van der Waals surface area (Å²) in [4.78, 5) is 10.2. The molecule has 0 bridgehead atoms. The maximum atomic E-state index is 13.5. The van der Waals surface area contributed by atoms with Crippen molar-refractivity contribution in [3.63, 3.8) is 0 Å². The van der Waals surface area contributed by atoms with E-state index in [1.54, 1.807) is 6.07 Å². The number of aromatic amines is 1. The van der Waals surface area contributed by atoms with Gasteiger partial charge in [-0.3, -0.25) is 9.88 Å². The van der Waals surface area contributed by atoms with Crippen LogP contribution in [0.1, 0.15) is 17.7 Å². The van der Waals surface area contributed by atoms with Gasteiger partial charge in [-0.25, -0.2) is 4.39 Å². The highest BCUT2D eigenvalue weighted by Gasteiger charge is 2.26. The third kappa shape index (κ3) is 3.41. The van der Waals surface area contributed by atoms with Gasteiger partial charge in [-0.05, 0) is 61.4 Å². The predicted molar refractivity (Wildman–Crippen MR) is 124 cm³/mol. The highest BCUT2D eigenvalue weighted by molar-refractivity contribution is 5.93. The molecule has 0 radical (unpaired) electrons. The van der Waals surface area contributed by atoms with Gasteiger partial charge in [0, 0.05) is 53.4 Å². The van der Waals surface area contributed by atoms with Gasteiger partial charge in [0.25, 0.3) is 0 Å². The van der Waals surface area contributed by atoms with Crippen LogP contribution >= 0.6 is 0 Å². The van der Waals surface area contributed by atoms with E-state index >= 15 is 0 Å². The number of pyridine rings is 1. The largest absolute Gasteiger partial charge is 0.486 e. The van der Waals surface area contributed by atoms with Crippen molar-refractivity contribution in [1.29, 1.82) is 0 Å². The Morgan fingerprint density at radius 3 is 2.94 bits per heavy atom. The van der Waals surface area contributed by atoms with E-state index in [1.165, 1.54) is 17.2 Å². The summed E-state index contributed by atoms with van der Waals surface area (Å²) < 4.78 is 25.9. The van der Waals surface area contributed by atoms with Crippen LogP contribution < -0.4 is 9.47 Å². The first kappa shape index (κ1) is 19.3. The van der Waals surface area contributed by atoms with Crippen LogP contribution in [0.3, 0.4) is 0 Å². The lowest BCUT2D eigenvalue weighted by Crippen LogP contribution is -2.42. The van der Waals surface area contributed by atoms with Gasteiger partial charge in [0.05, 0.1) is 5.52 Å². The summed E-state index contributed by atoms with van der Waals surface area (Å²) in [7, 11) is 0. The average molecular weight is 429 g/mol. The van der Waals surface area contributed by atoms with Crippen molar-refractivity contribution >= 4 is 27.4 Å². The van der Waals surface area contributed by atoms with Gasteiger partial charge >= 0.3 is 0 Å². The minimum absolute atomic E-state index is 0.0274. The number of ether oxygens (including phenoxy) is 2. The second-order valence-corrected chi connectivity index (χ2v) is 8.59. The number of halogens is 1. The van der Waals surface area contributed by atoms with E-state index in [-0.39, 0.29) is 11.9 Å². The molecule has 6 rings (SSSR count). The van der Waals surface area contributed by atoms with E-state index in [0.29, 0.717) is 6.61 Å². The van der Waals surface area contributed by atoms with E-state index in [2.05, 4.69) is 27.0 Å². The Hall–Kier alpha value is -3.38. The Balaban J connectivity index is 1.17. The molecular formula is C26H24FN3O2. The summed E-state index contributed by atoms with van der Waals surface area (Å²) in [6, 6.07) is 12.9. The molecule has 0 fully saturated rings. The van der Waals surface area contributed by atoms with Crippen molar-refractivity contribution in [2.45, 2.75) is 19.4 Å². The first-order valence-electron chi connectivity index (χ1n) is 11.0. The molecule has 6 heteroatoms. The molecule has 0 aliphatic carbocycles. The molecule has 4 aromatic rings. The molecule has 2 aromatic carbocycles. The zero-order chi connectivity index (χ0) is 21.7. The topological polar surface area (TPSA) is 50.4 Å². The normalized spacial score (nSPS) is 18.8. The standard InChI is InChI=1S/C26H24FN3O2/c1-16-2-4-21-23(29-16)6-7-25-26(21)32-19(15-31-25)14-30-10-8-17(9-11-30)22-13-28-24-12-18(27)3-5-20(22)24/h2-8,12-13,19,28H,9-11,14-15H2,1H3. The molecule has 0 saturated carbocycles. The molecule has 2 aliphatic heterocycles. The highest BCUT2D eigenvalue weighted by Crippen LogP contribution is 2.38. The zero-order valence-electron chi connectivity index (χ0n) is 17.9. The van der Waals surface area contributed by atoms with Crippen LogP contribution in [-0.4, -0.2) is 47.2 Å². The molecule has 5 nitrogen and oxygen atoms in total. The molecular weight excluding hydrogens is 405 g/mol. The number of nitrogens with zero attached hydrogens (tertiary/aromatic N) is 2. The second-order valence-electron chi connectivity index (χ2n) is 8.59. The number of rotatable bonds is 3. The molecule has 0 amide bonds. The average Bonchev–Trinajstić information content (AvgIpc) is 3.22. The first-order chi connectivity index (χ1) is 15.6. The minimum Gasteiger partial charge on any atom is -0.486 e. The van der Waals surface area contributed by atoms with Crippen molar-refractivity contribution in [3.05, 3.63) is 71.8 Å². The van der Waals surface area contributed by atoms with Crippen molar-refractivity contribution < 1.29 is 13.9 Å². The quantitative estimate of drug-likeness (QED) is 0.493. The molecule has 2 aliphatic rings. The van der Waals surface area contributed by atoms with Crippen LogP contribution in [0.2, 0.25) is 0 Å². The van der Waals surface area contributed by atoms with Crippen molar-refractivity contribution in [2.24, 2.45) is 0 Å². The van der Waals surface area contributed by atoms with Crippen LogP contribution in [0.4, 0.5) is 4.39 Å². The van der Waals surface area contributed by atoms with Gasteiger partial charge in [0.15, 0.2) is 11.5 Å². The Labute approximate surface area is 185 Å². The number of benzene rings is 2. The Kier molecular flexibility index (Phi) is 4.61. The summed E-state index contributed by atoms with van der Waals surface area (Å²) in [5.41, 5.74) is 5.23. The summed E-state index contributed by atoms with van der Waals surface area (Å²) in [6.07, 6.45) is 5.18. The molecule has 4 heterocycles. The van der Waals surface area contributed by atoms with Crippen LogP contribution in [0.25, 0.3) is 27.4 Å². The van der Waals surface area contributed by atoms with Crippen LogP contribution in [-0.2, 0) is 0 Å². The summed E-state index contributed by atoms with van der Waals surface area (Å²) in [6.45, 7) is 5.14. The molecule has 1 N–H and O–H groups in total. The van der Waals surface area contributed by atoms with Crippen LogP contribution in [0, 0.1) is 12.7 Å². The van der Waals surface area contributed by atoms with E-state index in [1.807, 2.05) is 37.4 Å². The third-order valence-corrected chi connectivity index (χ3v) is 6.38. The van der Waals surface area contributed by atoms with E-state index < -0.39 is 0 Å². The number of hydrogen-bond acceptors (Lipinski definition) is 4. The second kappa shape index (κ2) is 7.64. The number of aryl methyl sites for hydroxylation is 1. The maximum Gasteiger partial charge on any atom is 0.171 e. The van der Waals surface area contributed by atoms with Crippen molar-refractivity contribution in [3.8, 4) is 11.5 Å². The fourth-order valence-electron chi connectivity index (χ4n) is 4.74. The molecule has 1 unspecified atom stereocenters. The number of aromatic nitrogens is 2. The lowest BCUT2D eigenvalue weighted by molar-refractivity contribution is 0.0632. The molecule has 32 heavy (non-hydrogen) atoms. The third-order valence-electron chi connectivity index (χ3n) is 6.38. The van der Waals surface area contributed by atoms with Crippen molar-refractivity contribution in [2.75, 3.05) is 26.2 Å². The Morgan fingerprint density at radius 2 is 2.06 bits per heavy atom. The lowest BCUT2D eigenvalue weighted by Gasteiger charge is -2.33. The van der Waals surface area contributed by atoms with E-state index in [0.717, 1.165) is 65.1 Å². The summed E-state index contributed by atoms with van der Waals surface area (Å²) >= 11 is 0. The number of H-pyrrole nitrogens is 1. The summed E-state index contributed by atoms with van der Waals surface area (Å²) in [5, 5.41) is 2.07. The van der Waals surface area contributed by atoms with Gasteiger partial charge in [0.2, 0.25) is 0 Å². The molecule has 1 atom stereocenters. The number of nitrogens with one attached hydrogen (secondary N) is 1. The lowest BCUT2D eigenvalue weighted by atomic mass is 9.98. The predicted octanol–water partition coefficient (Wildman–Crippen LogP) is 5.09. The van der Waals surface area contributed by atoms with Gasteiger partial charge in [-0.2, -0.15) is 0 Å². The number of fused-ring (bicyclic) bond motifs is 4. The van der Waals surface area contributed by atoms with Crippen molar-refractivity contribution in [1.82, 2.24) is 14.9 Å². The van der Waals surface area contributed by atoms with Gasteiger partial charge in [-0.15, -0.1) is 0 Å².